The van der Waals surface area contributed by atoms with Crippen molar-refractivity contribution in [3.8, 4) is 0 Å². The molecule has 6 heteroatoms. The van der Waals surface area contributed by atoms with E-state index in [2.05, 4.69) is 0 Å². The Morgan fingerprint density at radius 3 is 2.32 bits per heavy atom. The monoisotopic (exact) mass is 399 g/mol. The number of carbonyl (C=O) groups excluding carboxylic acids is 4. The van der Waals surface area contributed by atoms with E-state index in [1.807, 2.05) is 19.9 Å². The molecule has 0 spiro atoms. The van der Waals surface area contributed by atoms with E-state index in [0.717, 1.165) is 16.0 Å². The number of amides is 2. The average molecular weight is 400 g/mol. The Morgan fingerprint density at radius 1 is 1.07 bits per heavy atom. The Bertz CT molecular complexity index is 955. The Hall–Kier alpha value is -2.53. The molecule has 0 N–H and O–H groups in total. The van der Waals surface area contributed by atoms with Crippen LogP contribution in [0.3, 0.4) is 0 Å². The van der Waals surface area contributed by atoms with Gasteiger partial charge in [0.15, 0.2) is 11.6 Å². The van der Waals surface area contributed by atoms with Crippen LogP contribution in [0.5, 0.6) is 0 Å². The highest BCUT2D eigenvalue weighted by Gasteiger charge is 2.32. The smallest absolute Gasteiger partial charge is 0.234 e. The van der Waals surface area contributed by atoms with Crippen molar-refractivity contribution in [2.45, 2.75) is 52.9 Å². The molecule has 0 radical (unpaired) electrons. The van der Waals surface area contributed by atoms with Crippen LogP contribution in [0.1, 0.15) is 61.9 Å². The lowest BCUT2D eigenvalue weighted by Gasteiger charge is -2.19. The number of imide groups is 1. The number of benzene rings is 1. The van der Waals surface area contributed by atoms with Gasteiger partial charge in [0.25, 0.3) is 0 Å². The van der Waals surface area contributed by atoms with Gasteiger partial charge in [-0.2, -0.15) is 0 Å². The Balaban J connectivity index is 1.87. The van der Waals surface area contributed by atoms with Crippen LogP contribution in [0.2, 0.25) is 5.02 Å². The van der Waals surface area contributed by atoms with E-state index < -0.39 is 0 Å². The van der Waals surface area contributed by atoms with Crippen LogP contribution in [0, 0.1) is 6.92 Å². The number of Topliss-reactive ketones (excluding diaryl/α,β-unsaturated/α-hetero) is 2. The molecule has 1 aromatic carbocycles. The summed E-state index contributed by atoms with van der Waals surface area (Å²) in [5.41, 5.74) is 3.90. The number of anilines is 1. The fraction of sp³-hybridized carbons (Fsp3) is 0.364. The van der Waals surface area contributed by atoms with Crippen molar-refractivity contribution in [3.63, 3.8) is 0 Å². The van der Waals surface area contributed by atoms with Gasteiger partial charge in [0, 0.05) is 36.3 Å². The molecule has 0 saturated carbocycles. The van der Waals surface area contributed by atoms with Crippen LogP contribution in [0.25, 0.3) is 0 Å². The Morgan fingerprint density at radius 2 is 1.71 bits per heavy atom. The lowest BCUT2D eigenvalue weighted by atomic mass is 9.88. The number of ketones is 2. The minimum atomic E-state index is -0.287. The highest BCUT2D eigenvalue weighted by molar-refractivity contribution is 6.32. The van der Waals surface area contributed by atoms with E-state index in [0.29, 0.717) is 40.3 Å². The molecule has 1 aliphatic heterocycles. The van der Waals surface area contributed by atoms with Crippen molar-refractivity contribution in [3.05, 3.63) is 51.1 Å². The van der Waals surface area contributed by atoms with Crippen molar-refractivity contribution in [1.82, 2.24) is 0 Å². The Labute approximate surface area is 169 Å². The highest BCUT2D eigenvalue weighted by Crippen LogP contribution is 2.33. The van der Waals surface area contributed by atoms with E-state index in [1.165, 1.54) is 0 Å². The maximum atomic E-state index is 12.9. The maximum absolute atomic E-state index is 12.9. The molecule has 1 aromatic rings. The van der Waals surface area contributed by atoms with Crippen LogP contribution < -0.4 is 4.90 Å². The van der Waals surface area contributed by atoms with E-state index in [9.17, 15) is 19.2 Å². The summed E-state index contributed by atoms with van der Waals surface area (Å²) in [7, 11) is 0. The van der Waals surface area contributed by atoms with Crippen molar-refractivity contribution >= 4 is 40.7 Å². The third-order valence-electron chi connectivity index (χ3n) is 5.25. The molecular weight excluding hydrogens is 378 g/mol. The summed E-state index contributed by atoms with van der Waals surface area (Å²) in [6.45, 7) is 5.51. The van der Waals surface area contributed by atoms with E-state index in [4.69, 9.17) is 11.6 Å². The summed E-state index contributed by atoms with van der Waals surface area (Å²) in [6, 6.07) is 3.10. The second-order valence-corrected chi connectivity index (χ2v) is 7.83. The predicted octanol–water partition coefficient (Wildman–Crippen LogP) is 4.50. The first kappa shape index (κ1) is 20.2. The van der Waals surface area contributed by atoms with Crippen LogP contribution in [-0.4, -0.2) is 23.4 Å². The second kappa shape index (κ2) is 7.84. The predicted molar refractivity (Wildman–Crippen MR) is 108 cm³/mol. The van der Waals surface area contributed by atoms with E-state index in [1.54, 1.807) is 19.1 Å². The SMILES string of the molecule is CC1=CC(C)=C(CCC(=O)c2cc(Cl)cc(N3C(=O)CCC3=O)c2C)C(=O)C1. The zero-order chi connectivity index (χ0) is 20.6. The van der Waals surface area contributed by atoms with Gasteiger partial charge in [-0.3, -0.25) is 24.1 Å². The molecule has 1 saturated heterocycles. The first-order valence-electron chi connectivity index (χ1n) is 9.28. The molecule has 1 heterocycles. The summed E-state index contributed by atoms with van der Waals surface area (Å²) < 4.78 is 0. The zero-order valence-corrected chi connectivity index (χ0v) is 17.0. The minimum absolute atomic E-state index is 0.0575. The molecule has 28 heavy (non-hydrogen) atoms. The molecular formula is C22H22ClNO4. The summed E-state index contributed by atoms with van der Waals surface area (Å²) in [5.74, 6) is -0.684. The Kier molecular flexibility index (Phi) is 5.66. The quantitative estimate of drug-likeness (QED) is 0.539. The third kappa shape index (κ3) is 3.85. The van der Waals surface area contributed by atoms with Crippen molar-refractivity contribution in [2.24, 2.45) is 0 Å². The highest BCUT2D eigenvalue weighted by atomic mass is 35.5. The molecule has 0 bridgehead atoms. The van der Waals surface area contributed by atoms with Gasteiger partial charge < -0.3 is 0 Å². The average Bonchev–Trinajstić information content (AvgIpc) is 2.94. The molecule has 146 valence electrons. The second-order valence-electron chi connectivity index (χ2n) is 7.40. The van der Waals surface area contributed by atoms with Crippen molar-refractivity contribution in [1.29, 1.82) is 0 Å². The number of allylic oxidation sites excluding steroid dienone is 4. The molecule has 1 fully saturated rings. The molecule has 3 rings (SSSR count). The fourth-order valence-corrected chi connectivity index (χ4v) is 4.04. The molecule has 5 nitrogen and oxygen atoms in total. The van der Waals surface area contributed by atoms with Crippen LogP contribution in [0.4, 0.5) is 5.69 Å². The third-order valence-corrected chi connectivity index (χ3v) is 5.47. The molecule has 1 aliphatic carbocycles. The van der Waals surface area contributed by atoms with Gasteiger partial charge >= 0.3 is 0 Å². The van der Waals surface area contributed by atoms with Gasteiger partial charge in [0.05, 0.1) is 5.69 Å². The number of nitrogens with zero attached hydrogens (tertiary/aromatic N) is 1. The van der Waals surface area contributed by atoms with E-state index in [-0.39, 0.29) is 42.6 Å². The molecule has 2 aliphatic rings. The maximum Gasteiger partial charge on any atom is 0.234 e. The van der Waals surface area contributed by atoms with Crippen LogP contribution in [-0.2, 0) is 14.4 Å². The largest absolute Gasteiger partial charge is 0.294 e. The van der Waals surface area contributed by atoms with Gasteiger partial charge in [-0.05, 0) is 56.0 Å². The van der Waals surface area contributed by atoms with Gasteiger partial charge in [-0.1, -0.05) is 23.3 Å². The minimum Gasteiger partial charge on any atom is -0.294 e. The number of halogens is 1. The van der Waals surface area contributed by atoms with Gasteiger partial charge in [-0.25, -0.2) is 0 Å². The first-order chi connectivity index (χ1) is 13.2. The molecule has 0 atom stereocenters. The summed E-state index contributed by atoms with van der Waals surface area (Å²) >= 11 is 6.18. The normalized spacial score (nSPS) is 17.5. The number of carbonyl (C=O) groups is 4. The van der Waals surface area contributed by atoms with Crippen LogP contribution in [0.15, 0.2) is 34.9 Å². The summed E-state index contributed by atoms with van der Waals surface area (Å²) in [6.07, 6.45) is 3.21. The van der Waals surface area contributed by atoms with Gasteiger partial charge in [0.2, 0.25) is 11.8 Å². The fourth-order valence-electron chi connectivity index (χ4n) is 3.83. The van der Waals surface area contributed by atoms with Crippen molar-refractivity contribution in [2.75, 3.05) is 4.90 Å². The van der Waals surface area contributed by atoms with Crippen molar-refractivity contribution < 1.29 is 19.2 Å². The molecule has 0 aromatic heterocycles. The summed E-state index contributed by atoms with van der Waals surface area (Å²) in [5, 5.41) is 0.291. The zero-order valence-electron chi connectivity index (χ0n) is 16.2. The number of hydrogen-bond donors (Lipinski definition) is 0. The topological polar surface area (TPSA) is 71.5 Å². The molecule has 2 amide bonds. The first-order valence-corrected chi connectivity index (χ1v) is 9.66. The van der Waals surface area contributed by atoms with Crippen LogP contribution >= 0.6 is 11.6 Å². The number of rotatable bonds is 5. The summed E-state index contributed by atoms with van der Waals surface area (Å²) in [4.78, 5) is 50.4. The standard InChI is InChI=1S/C22H22ClNO4/c1-12-8-13(2)16(20(26)9-12)4-5-19(25)17-10-15(23)11-18(14(17)3)24-21(27)6-7-22(24)28/h8,10-11H,4-7,9H2,1-3H3. The number of hydrogen-bond acceptors (Lipinski definition) is 4. The van der Waals surface area contributed by atoms with E-state index >= 15 is 0 Å². The molecule has 0 unspecified atom stereocenters. The lowest BCUT2D eigenvalue weighted by molar-refractivity contribution is -0.121. The lowest BCUT2D eigenvalue weighted by Crippen LogP contribution is -2.29. The van der Waals surface area contributed by atoms with Gasteiger partial charge in [-0.15, -0.1) is 0 Å². The van der Waals surface area contributed by atoms with Gasteiger partial charge in [0.1, 0.15) is 0 Å².